The zero-order chi connectivity index (χ0) is 22.9. The Morgan fingerprint density at radius 1 is 1.10 bits per heavy atom. The van der Waals surface area contributed by atoms with Crippen molar-refractivity contribution in [2.75, 3.05) is 13.7 Å². The van der Waals surface area contributed by atoms with Gasteiger partial charge in [0.2, 0.25) is 0 Å². The minimum atomic E-state index is -0.981. The summed E-state index contributed by atoms with van der Waals surface area (Å²) in [6.07, 6.45) is 0. The van der Waals surface area contributed by atoms with E-state index in [1.165, 1.54) is 19.1 Å². The molecule has 0 N–H and O–H groups in total. The summed E-state index contributed by atoms with van der Waals surface area (Å²) in [5, 5.41) is 0.477. The van der Waals surface area contributed by atoms with Crippen LogP contribution in [0.4, 0.5) is 8.78 Å². The highest BCUT2D eigenvalue weighted by Crippen LogP contribution is 2.38. The van der Waals surface area contributed by atoms with E-state index in [0.29, 0.717) is 11.6 Å². The van der Waals surface area contributed by atoms with Gasteiger partial charge in [-0.15, -0.1) is 0 Å². The van der Waals surface area contributed by atoms with Crippen molar-refractivity contribution in [3.63, 3.8) is 0 Å². The number of benzene rings is 2. The Labute approximate surface area is 186 Å². The highest BCUT2D eigenvalue weighted by atomic mass is 35.5. The van der Waals surface area contributed by atoms with Gasteiger partial charge in [0.15, 0.2) is 0 Å². The van der Waals surface area contributed by atoms with E-state index < -0.39 is 28.7 Å². The number of pyridine rings is 1. The van der Waals surface area contributed by atoms with Crippen LogP contribution in [0.25, 0.3) is 16.8 Å². The third kappa shape index (κ3) is 4.16. The van der Waals surface area contributed by atoms with Crippen LogP contribution < -0.4 is 10.3 Å². The third-order valence-corrected chi connectivity index (χ3v) is 5.33. The SMILES string of the molecule is CCOc1c(-c2ccc(Cl)c(Cl)c2)c(C(=O)OC)c(=O)n(-c2ccc(F)cc2F)c1C. The van der Waals surface area contributed by atoms with E-state index in [1.807, 2.05) is 0 Å². The van der Waals surface area contributed by atoms with Crippen molar-refractivity contribution in [3.05, 3.63) is 79.7 Å². The van der Waals surface area contributed by atoms with Crippen molar-refractivity contribution >= 4 is 29.2 Å². The minimum absolute atomic E-state index is 0.133. The molecule has 3 aromatic rings. The second-order valence-corrected chi connectivity index (χ2v) is 7.27. The normalized spacial score (nSPS) is 10.8. The van der Waals surface area contributed by atoms with Crippen LogP contribution in [0, 0.1) is 18.6 Å². The van der Waals surface area contributed by atoms with Gasteiger partial charge in [-0.1, -0.05) is 29.3 Å². The Morgan fingerprint density at radius 2 is 1.81 bits per heavy atom. The van der Waals surface area contributed by atoms with E-state index in [4.69, 9.17) is 32.7 Å². The van der Waals surface area contributed by atoms with E-state index in [-0.39, 0.29) is 39.3 Å². The molecule has 0 unspecified atom stereocenters. The Bertz CT molecular complexity index is 1240. The van der Waals surface area contributed by atoms with Crippen molar-refractivity contribution in [3.8, 4) is 22.6 Å². The maximum atomic E-state index is 14.6. The monoisotopic (exact) mass is 467 g/mol. The summed E-state index contributed by atoms with van der Waals surface area (Å²) in [7, 11) is 1.11. The second-order valence-electron chi connectivity index (χ2n) is 6.45. The summed E-state index contributed by atoms with van der Waals surface area (Å²) < 4.78 is 39.5. The summed E-state index contributed by atoms with van der Waals surface area (Å²) in [6, 6.07) is 7.32. The molecule has 0 amide bonds. The zero-order valence-electron chi connectivity index (χ0n) is 16.8. The summed E-state index contributed by atoms with van der Waals surface area (Å²) in [6.45, 7) is 3.42. The molecular weight excluding hydrogens is 451 g/mol. The highest BCUT2D eigenvalue weighted by molar-refractivity contribution is 6.42. The Kier molecular flexibility index (Phi) is 6.67. The van der Waals surface area contributed by atoms with E-state index in [1.54, 1.807) is 13.0 Å². The molecule has 0 spiro atoms. The largest absolute Gasteiger partial charge is 0.491 e. The summed E-state index contributed by atoms with van der Waals surface area (Å²) >= 11 is 12.1. The maximum absolute atomic E-state index is 14.6. The molecule has 0 radical (unpaired) electrons. The van der Waals surface area contributed by atoms with E-state index in [2.05, 4.69) is 0 Å². The molecule has 9 heteroatoms. The molecular formula is C22H17Cl2F2NO4. The van der Waals surface area contributed by atoms with Crippen LogP contribution in [-0.4, -0.2) is 24.3 Å². The lowest BCUT2D eigenvalue weighted by Gasteiger charge is -2.21. The summed E-state index contributed by atoms with van der Waals surface area (Å²) in [4.78, 5) is 26.1. The van der Waals surface area contributed by atoms with Crippen molar-refractivity contribution in [1.29, 1.82) is 0 Å². The molecule has 0 aliphatic heterocycles. The maximum Gasteiger partial charge on any atom is 0.344 e. The van der Waals surface area contributed by atoms with Crippen LogP contribution in [0.1, 0.15) is 23.0 Å². The van der Waals surface area contributed by atoms with Gasteiger partial charge < -0.3 is 9.47 Å². The van der Waals surface area contributed by atoms with Gasteiger partial charge in [0, 0.05) is 11.6 Å². The Morgan fingerprint density at radius 3 is 2.39 bits per heavy atom. The minimum Gasteiger partial charge on any atom is -0.491 e. The molecule has 0 saturated heterocycles. The first-order valence-corrected chi connectivity index (χ1v) is 9.88. The molecule has 0 fully saturated rings. The van der Waals surface area contributed by atoms with E-state index in [9.17, 15) is 18.4 Å². The van der Waals surface area contributed by atoms with Gasteiger partial charge in [-0.3, -0.25) is 9.36 Å². The average Bonchev–Trinajstić information content (AvgIpc) is 2.73. The summed E-state index contributed by atoms with van der Waals surface area (Å²) in [5.41, 5.74) is -0.779. The number of rotatable bonds is 5. The number of aromatic nitrogens is 1. The molecule has 0 bridgehead atoms. The number of esters is 1. The molecule has 0 atom stereocenters. The first kappa shape index (κ1) is 22.8. The van der Waals surface area contributed by atoms with E-state index >= 15 is 0 Å². The highest BCUT2D eigenvalue weighted by Gasteiger charge is 2.29. The average molecular weight is 468 g/mol. The first-order chi connectivity index (χ1) is 14.7. The number of hydrogen-bond acceptors (Lipinski definition) is 4. The van der Waals surface area contributed by atoms with Gasteiger partial charge in [-0.05, 0) is 43.7 Å². The van der Waals surface area contributed by atoms with Gasteiger partial charge in [-0.2, -0.15) is 0 Å². The molecule has 162 valence electrons. The zero-order valence-corrected chi connectivity index (χ0v) is 18.3. The van der Waals surface area contributed by atoms with Gasteiger partial charge >= 0.3 is 5.97 Å². The van der Waals surface area contributed by atoms with Crippen LogP contribution in [0.15, 0.2) is 41.2 Å². The van der Waals surface area contributed by atoms with Crippen LogP contribution >= 0.6 is 23.2 Å². The molecule has 1 heterocycles. The predicted molar refractivity (Wildman–Crippen MR) is 115 cm³/mol. The molecule has 2 aromatic carbocycles. The van der Waals surface area contributed by atoms with Crippen LogP contribution in [-0.2, 0) is 4.74 Å². The van der Waals surface area contributed by atoms with Crippen molar-refractivity contribution in [1.82, 2.24) is 4.57 Å². The standard InChI is InChI=1S/C22H17Cl2F2NO4/c1-4-31-20-11(2)27(17-8-6-13(25)10-16(17)26)21(28)19(22(29)30-3)18(20)12-5-7-14(23)15(24)9-12/h5-10H,4H2,1-3H3. The van der Waals surface area contributed by atoms with Crippen LogP contribution in [0.3, 0.4) is 0 Å². The molecule has 1 aromatic heterocycles. The van der Waals surface area contributed by atoms with Gasteiger partial charge in [0.05, 0.1) is 35.1 Å². The fourth-order valence-electron chi connectivity index (χ4n) is 3.26. The fourth-order valence-corrected chi connectivity index (χ4v) is 3.56. The van der Waals surface area contributed by atoms with E-state index in [0.717, 1.165) is 23.8 Å². The number of halogens is 4. The lowest BCUT2D eigenvalue weighted by Crippen LogP contribution is -2.30. The van der Waals surface area contributed by atoms with Crippen molar-refractivity contribution in [2.24, 2.45) is 0 Å². The quantitative estimate of drug-likeness (QED) is 0.459. The number of carbonyl (C=O) groups is 1. The molecule has 31 heavy (non-hydrogen) atoms. The van der Waals surface area contributed by atoms with Gasteiger partial charge in [0.25, 0.3) is 5.56 Å². The lowest BCUT2D eigenvalue weighted by atomic mass is 9.98. The molecule has 3 rings (SSSR count). The molecule has 0 saturated carbocycles. The second kappa shape index (κ2) is 9.08. The van der Waals surface area contributed by atoms with Gasteiger partial charge in [0.1, 0.15) is 22.9 Å². The number of nitrogens with zero attached hydrogens (tertiary/aromatic N) is 1. The number of carbonyl (C=O) groups excluding carboxylic acids is 1. The number of ether oxygens (including phenoxy) is 2. The molecule has 5 nitrogen and oxygen atoms in total. The van der Waals surface area contributed by atoms with Crippen molar-refractivity contribution in [2.45, 2.75) is 13.8 Å². The summed E-state index contributed by atoms with van der Waals surface area (Å²) in [5.74, 6) is -2.60. The smallest absolute Gasteiger partial charge is 0.344 e. The topological polar surface area (TPSA) is 57.5 Å². The predicted octanol–water partition coefficient (Wildman–Crippen LogP) is 5.58. The number of methoxy groups -OCH3 is 1. The molecule has 0 aliphatic carbocycles. The lowest BCUT2D eigenvalue weighted by molar-refractivity contribution is 0.0598. The first-order valence-electron chi connectivity index (χ1n) is 9.12. The van der Waals surface area contributed by atoms with Gasteiger partial charge in [-0.25, -0.2) is 13.6 Å². The van der Waals surface area contributed by atoms with Crippen molar-refractivity contribution < 1.29 is 23.0 Å². The number of hydrogen-bond donors (Lipinski definition) is 0. The molecule has 0 aliphatic rings. The van der Waals surface area contributed by atoms with Crippen LogP contribution in [0.5, 0.6) is 5.75 Å². The third-order valence-electron chi connectivity index (χ3n) is 4.60. The van der Waals surface area contributed by atoms with Crippen LogP contribution in [0.2, 0.25) is 10.0 Å². The Balaban J connectivity index is 2.50. The fraction of sp³-hybridized carbons (Fsp3) is 0.182. The Hall–Kier alpha value is -2.90.